The second-order valence-electron chi connectivity index (χ2n) is 30.1. The molecule has 0 N–H and O–H groups in total. The summed E-state index contributed by atoms with van der Waals surface area (Å²) in [6.45, 7) is 0. The summed E-state index contributed by atoms with van der Waals surface area (Å²) in [5.41, 5.74) is 32.5. The average Bonchev–Trinajstić information content (AvgIpc) is 1.51. The molecule has 0 atom stereocenters. The normalized spacial score (nSPS) is 13.1. The van der Waals surface area contributed by atoms with Crippen molar-refractivity contribution in [1.29, 1.82) is 0 Å². The number of benzene rings is 20. The van der Waals surface area contributed by atoms with Crippen LogP contribution in [0.3, 0.4) is 0 Å². The van der Waals surface area contributed by atoms with Gasteiger partial charge < -0.3 is 0 Å². The molecule has 0 unspecified atom stereocenters. The quantitative estimate of drug-likeness (QED) is 0.142. The first-order chi connectivity index (χ1) is 54.5. The van der Waals surface area contributed by atoms with Crippen molar-refractivity contribution < 1.29 is 0 Å². The van der Waals surface area contributed by atoms with Crippen molar-refractivity contribution in [3.8, 4) is 100 Å². The fraction of sp³-hybridized carbons (Fsp3) is 0.0182. The minimum atomic E-state index is -0.436. The van der Waals surface area contributed by atoms with Crippen LogP contribution in [-0.4, -0.2) is 0 Å². The van der Waals surface area contributed by atoms with Crippen LogP contribution in [0, 0.1) is 0 Å². The Hall–Kier alpha value is -14.0. The third-order valence-corrected chi connectivity index (χ3v) is 24.3. The van der Waals surface area contributed by atoms with Crippen molar-refractivity contribution in [1.82, 2.24) is 0 Å². The molecule has 23 rings (SSSR count). The maximum Gasteiger partial charge on any atom is 0.0725 e. The molecule has 0 aromatic heterocycles. The molecule has 0 aliphatic heterocycles. The minimum absolute atomic E-state index is 0.424. The molecule has 0 fully saturated rings. The Morgan fingerprint density at radius 2 is 0.364 bits per heavy atom. The van der Waals surface area contributed by atoms with E-state index in [1.54, 1.807) is 0 Å². The minimum Gasteiger partial charge on any atom is -0.0622 e. The lowest BCUT2D eigenvalue weighted by Gasteiger charge is -2.34. The van der Waals surface area contributed by atoms with E-state index in [0.717, 1.165) is 0 Å². The van der Waals surface area contributed by atoms with Crippen LogP contribution >= 0.6 is 0 Å². The molecule has 0 heteroatoms. The van der Waals surface area contributed by atoms with Gasteiger partial charge in [0.2, 0.25) is 0 Å². The lowest BCUT2D eigenvalue weighted by Crippen LogP contribution is -2.28. The predicted molar refractivity (Wildman–Crippen MR) is 464 cm³/mol. The zero-order valence-corrected chi connectivity index (χ0v) is 60.4. The zero-order chi connectivity index (χ0) is 72.4. The van der Waals surface area contributed by atoms with E-state index in [-0.39, 0.29) is 0 Å². The van der Waals surface area contributed by atoms with Crippen molar-refractivity contribution >= 4 is 64.6 Å². The molecule has 0 bridgehead atoms. The van der Waals surface area contributed by atoms with Crippen LogP contribution in [0.15, 0.2) is 425 Å². The van der Waals surface area contributed by atoms with Crippen LogP contribution < -0.4 is 0 Å². The summed E-state index contributed by atoms with van der Waals surface area (Å²) in [7, 11) is 0. The highest BCUT2D eigenvalue weighted by Gasteiger charge is 2.52. The van der Waals surface area contributed by atoms with Crippen LogP contribution in [-0.2, 0) is 10.8 Å². The van der Waals surface area contributed by atoms with E-state index < -0.39 is 10.8 Å². The first kappa shape index (κ1) is 63.3. The topological polar surface area (TPSA) is 0 Å². The molecular weight excluding hydrogens is 1320 g/mol. The molecule has 20 aromatic carbocycles. The standard InChI is InChI=1S/C55H34.C55H36/c1-3-11-37-29-39(19-17-35(37)9-1)40-21-22-42-32-44(24-23-41(42)31-40)46-26-28-50-49-27-25-45(43-20-18-36-10-2-4-12-38(36)30-43)33-53(49)55(54(50)34-46)51-15-7-5-13-47(51)48-14-6-8-16-52(48)55;1-3-16-47(17-4-1)55(48-18-5-2-6-19-48)53-22-12-11-21-50(53)51-30-29-43(36-54(51)55)46-34-44-15-9-10-20-49(44)52(35-46)45-28-27-41-32-40(25-26-42(41)33-45)39-24-23-37-13-7-8-14-38(37)31-39/h1-34H;1-36H. The zero-order valence-electron chi connectivity index (χ0n) is 60.4. The SMILES string of the molecule is c1ccc(C2(c3ccccc3)c3ccccc3-c3ccc(-c4cc(-c5ccc6cc(-c7ccc8ccccc8c7)ccc6c5)c5ccccc5c4)cc32)cc1.c1ccc2c(c1)-c1ccccc1C21c2cc(-c3ccc4ccccc4c3)ccc2-c2ccc(-c3ccc4cc(-c5ccc6ccccc6c5)ccc4c3)cc21. The van der Waals surface area contributed by atoms with Gasteiger partial charge in [-0.2, -0.15) is 0 Å². The lowest BCUT2D eigenvalue weighted by molar-refractivity contribution is 0.769. The molecule has 0 saturated carbocycles. The molecule has 0 nitrogen and oxygen atoms in total. The first-order valence-electron chi connectivity index (χ1n) is 38.4. The fourth-order valence-corrected chi connectivity index (χ4v) is 19.1. The van der Waals surface area contributed by atoms with Crippen LogP contribution in [0.1, 0.15) is 44.5 Å². The molecule has 3 aliphatic carbocycles. The van der Waals surface area contributed by atoms with Crippen molar-refractivity contribution in [2.45, 2.75) is 10.8 Å². The Labute approximate surface area is 640 Å². The van der Waals surface area contributed by atoms with E-state index in [1.807, 2.05) is 0 Å². The first-order valence-corrected chi connectivity index (χ1v) is 38.4. The van der Waals surface area contributed by atoms with Crippen molar-refractivity contribution in [3.63, 3.8) is 0 Å². The second-order valence-corrected chi connectivity index (χ2v) is 30.1. The molecule has 0 heterocycles. The lowest BCUT2D eigenvalue weighted by atomic mass is 9.67. The van der Waals surface area contributed by atoms with E-state index in [2.05, 4.69) is 425 Å². The summed E-state index contributed by atoms with van der Waals surface area (Å²) in [4.78, 5) is 0. The highest BCUT2D eigenvalue weighted by atomic mass is 14.5. The molecule has 0 saturated heterocycles. The third kappa shape index (κ3) is 10.00. The Bertz CT molecular complexity index is 7070. The molecular formula is C110H70. The summed E-state index contributed by atoms with van der Waals surface area (Å²) in [5, 5.41) is 15.1. The maximum absolute atomic E-state index is 2.49. The van der Waals surface area contributed by atoms with E-state index in [4.69, 9.17) is 0 Å². The van der Waals surface area contributed by atoms with Crippen molar-refractivity contribution in [2.24, 2.45) is 0 Å². The summed E-state index contributed by atoms with van der Waals surface area (Å²) >= 11 is 0. The smallest absolute Gasteiger partial charge is 0.0622 e. The third-order valence-electron chi connectivity index (χ3n) is 24.3. The van der Waals surface area contributed by atoms with Crippen molar-refractivity contribution in [3.05, 3.63) is 469 Å². The Kier molecular flexibility index (Phi) is 14.6. The molecule has 110 heavy (non-hydrogen) atoms. The summed E-state index contributed by atoms with van der Waals surface area (Å²) in [5.74, 6) is 0. The van der Waals surface area contributed by atoms with Crippen LogP contribution in [0.4, 0.5) is 0 Å². The Balaban J connectivity index is 0.000000136. The number of rotatable bonds is 8. The number of hydrogen-bond acceptors (Lipinski definition) is 0. The number of fused-ring (bicyclic) bond motifs is 19. The van der Waals surface area contributed by atoms with E-state index in [0.29, 0.717) is 0 Å². The average molecular weight is 1390 g/mol. The van der Waals surface area contributed by atoms with Crippen molar-refractivity contribution in [2.75, 3.05) is 0 Å². The van der Waals surface area contributed by atoms with Crippen LogP contribution in [0.25, 0.3) is 165 Å². The van der Waals surface area contributed by atoms with Gasteiger partial charge in [0.25, 0.3) is 0 Å². The Morgan fingerprint density at radius 1 is 0.118 bits per heavy atom. The van der Waals surface area contributed by atoms with E-state index >= 15 is 0 Å². The molecule has 3 aliphatic rings. The Morgan fingerprint density at radius 3 is 0.764 bits per heavy atom. The molecule has 0 amide bonds. The molecule has 1 spiro atoms. The van der Waals surface area contributed by atoms with E-state index in [9.17, 15) is 0 Å². The van der Waals surface area contributed by atoms with Gasteiger partial charge in [-0.05, 0) is 282 Å². The van der Waals surface area contributed by atoms with Gasteiger partial charge in [0.15, 0.2) is 0 Å². The van der Waals surface area contributed by atoms with Crippen LogP contribution in [0.5, 0.6) is 0 Å². The van der Waals surface area contributed by atoms with Gasteiger partial charge >= 0.3 is 0 Å². The van der Waals surface area contributed by atoms with Gasteiger partial charge in [0, 0.05) is 0 Å². The highest BCUT2D eigenvalue weighted by Crippen LogP contribution is 2.64. The molecule has 0 radical (unpaired) electrons. The summed E-state index contributed by atoms with van der Waals surface area (Å²) in [6, 6.07) is 158. The highest BCUT2D eigenvalue weighted by molar-refractivity contribution is 6.05. The van der Waals surface area contributed by atoms with Gasteiger partial charge in [-0.25, -0.2) is 0 Å². The van der Waals surface area contributed by atoms with E-state index in [1.165, 1.54) is 209 Å². The fourth-order valence-electron chi connectivity index (χ4n) is 19.1. The number of hydrogen-bond donors (Lipinski definition) is 0. The predicted octanol–water partition coefficient (Wildman–Crippen LogP) is 29.0. The molecule has 510 valence electrons. The summed E-state index contributed by atoms with van der Waals surface area (Å²) in [6.07, 6.45) is 0. The molecule has 20 aromatic rings. The second kappa shape index (κ2) is 25.3. The van der Waals surface area contributed by atoms with Gasteiger partial charge in [-0.1, -0.05) is 352 Å². The van der Waals surface area contributed by atoms with Crippen LogP contribution in [0.2, 0.25) is 0 Å². The van der Waals surface area contributed by atoms with Gasteiger partial charge in [0.1, 0.15) is 0 Å². The summed E-state index contributed by atoms with van der Waals surface area (Å²) < 4.78 is 0. The van der Waals surface area contributed by atoms with Gasteiger partial charge in [-0.15, -0.1) is 0 Å². The monoisotopic (exact) mass is 1390 g/mol. The van der Waals surface area contributed by atoms with Gasteiger partial charge in [-0.3, -0.25) is 0 Å². The maximum atomic E-state index is 2.49. The largest absolute Gasteiger partial charge is 0.0725 e. The van der Waals surface area contributed by atoms with Gasteiger partial charge in [0.05, 0.1) is 10.8 Å².